The Morgan fingerprint density at radius 2 is 2.41 bits per heavy atom. The monoisotopic (exact) mass is 242 g/mol. The SMILES string of the molecule is COCCC(C)(O)CNC(=O)Cn1ccnn1. The fourth-order valence-electron chi connectivity index (χ4n) is 1.22. The molecule has 0 aliphatic carbocycles. The van der Waals surface area contributed by atoms with Gasteiger partial charge in [0.15, 0.2) is 0 Å². The van der Waals surface area contributed by atoms with E-state index >= 15 is 0 Å². The Kier molecular flexibility index (Phi) is 5.05. The Bertz CT molecular complexity index is 337. The number of hydrogen-bond donors (Lipinski definition) is 2. The van der Waals surface area contributed by atoms with Crippen LogP contribution in [0.15, 0.2) is 12.4 Å². The van der Waals surface area contributed by atoms with Crippen molar-refractivity contribution < 1.29 is 14.6 Å². The number of amides is 1. The molecule has 0 aliphatic rings. The van der Waals surface area contributed by atoms with Crippen LogP contribution in [-0.2, 0) is 16.1 Å². The molecule has 96 valence electrons. The molecule has 7 nitrogen and oxygen atoms in total. The molecule has 1 heterocycles. The maximum Gasteiger partial charge on any atom is 0.241 e. The van der Waals surface area contributed by atoms with Crippen molar-refractivity contribution in [2.75, 3.05) is 20.3 Å². The first-order valence-corrected chi connectivity index (χ1v) is 5.35. The minimum absolute atomic E-state index is 0.0976. The summed E-state index contributed by atoms with van der Waals surface area (Å²) in [5, 5.41) is 19.8. The van der Waals surface area contributed by atoms with Crippen molar-refractivity contribution in [2.24, 2.45) is 0 Å². The van der Waals surface area contributed by atoms with Crippen LogP contribution in [0.25, 0.3) is 0 Å². The molecular formula is C10H18N4O3. The van der Waals surface area contributed by atoms with Crippen molar-refractivity contribution in [3.63, 3.8) is 0 Å². The Morgan fingerprint density at radius 3 is 3.00 bits per heavy atom. The summed E-state index contributed by atoms with van der Waals surface area (Å²) in [4.78, 5) is 11.5. The zero-order chi connectivity index (χ0) is 12.7. The van der Waals surface area contributed by atoms with Crippen molar-refractivity contribution in [3.8, 4) is 0 Å². The lowest BCUT2D eigenvalue weighted by molar-refractivity contribution is -0.123. The molecule has 0 spiro atoms. The molecule has 1 aromatic rings. The summed E-state index contributed by atoms with van der Waals surface area (Å²) in [6.07, 6.45) is 3.57. The number of carbonyl (C=O) groups is 1. The molecule has 17 heavy (non-hydrogen) atoms. The molecule has 1 amide bonds. The number of methoxy groups -OCH3 is 1. The lowest BCUT2D eigenvalue weighted by Crippen LogP contribution is -2.42. The molecule has 0 bridgehead atoms. The van der Waals surface area contributed by atoms with Crippen LogP contribution in [0.5, 0.6) is 0 Å². The van der Waals surface area contributed by atoms with Crippen LogP contribution < -0.4 is 5.32 Å². The normalized spacial score (nSPS) is 14.3. The first kappa shape index (κ1) is 13.6. The van der Waals surface area contributed by atoms with Gasteiger partial charge >= 0.3 is 0 Å². The van der Waals surface area contributed by atoms with Crippen molar-refractivity contribution in [1.82, 2.24) is 20.3 Å². The topological polar surface area (TPSA) is 89.3 Å². The molecule has 1 rings (SSSR count). The number of aliphatic hydroxyl groups is 1. The van der Waals surface area contributed by atoms with E-state index in [0.29, 0.717) is 13.0 Å². The molecule has 0 aliphatic heterocycles. The highest BCUT2D eigenvalue weighted by atomic mass is 16.5. The summed E-state index contributed by atoms with van der Waals surface area (Å²) in [6, 6.07) is 0. The van der Waals surface area contributed by atoms with E-state index in [-0.39, 0.29) is 19.0 Å². The number of carbonyl (C=O) groups excluding carboxylic acids is 1. The highest BCUT2D eigenvalue weighted by Crippen LogP contribution is 2.07. The lowest BCUT2D eigenvalue weighted by atomic mass is 10.0. The Morgan fingerprint density at radius 1 is 1.65 bits per heavy atom. The second-order valence-corrected chi connectivity index (χ2v) is 4.12. The molecule has 7 heteroatoms. The van der Waals surface area contributed by atoms with Gasteiger partial charge in [-0.05, 0) is 6.92 Å². The first-order valence-electron chi connectivity index (χ1n) is 5.35. The quantitative estimate of drug-likeness (QED) is 0.652. The van der Waals surface area contributed by atoms with Crippen molar-refractivity contribution in [2.45, 2.75) is 25.5 Å². The first-order chi connectivity index (χ1) is 8.03. The Labute approximate surface area is 99.8 Å². The van der Waals surface area contributed by atoms with Crippen LogP contribution in [0.2, 0.25) is 0 Å². The van der Waals surface area contributed by atoms with Crippen molar-refractivity contribution >= 4 is 5.91 Å². The molecule has 1 atom stereocenters. The van der Waals surface area contributed by atoms with E-state index in [1.807, 2.05) is 0 Å². The Hall–Kier alpha value is -1.47. The van der Waals surface area contributed by atoms with Crippen molar-refractivity contribution in [1.29, 1.82) is 0 Å². The fraction of sp³-hybridized carbons (Fsp3) is 0.700. The van der Waals surface area contributed by atoms with Crippen LogP contribution in [0.4, 0.5) is 0 Å². The average molecular weight is 242 g/mol. The maximum atomic E-state index is 11.5. The highest BCUT2D eigenvalue weighted by molar-refractivity contribution is 5.75. The number of ether oxygens (including phenoxy) is 1. The van der Waals surface area contributed by atoms with Crippen LogP contribution in [0, 0.1) is 0 Å². The third-order valence-corrected chi connectivity index (χ3v) is 2.29. The molecule has 1 unspecified atom stereocenters. The number of rotatable bonds is 7. The van der Waals surface area contributed by atoms with Gasteiger partial charge in [-0.15, -0.1) is 5.10 Å². The van der Waals surface area contributed by atoms with E-state index in [9.17, 15) is 9.90 Å². The molecule has 0 aromatic carbocycles. The summed E-state index contributed by atoms with van der Waals surface area (Å²) in [7, 11) is 1.57. The third-order valence-electron chi connectivity index (χ3n) is 2.29. The van der Waals surface area contributed by atoms with Gasteiger partial charge in [-0.1, -0.05) is 5.21 Å². The zero-order valence-corrected chi connectivity index (χ0v) is 10.1. The predicted molar refractivity (Wildman–Crippen MR) is 60.1 cm³/mol. The molecule has 0 saturated heterocycles. The largest absolute Gasteiger partial charge is 0.388 e. The average Bonchev–Trinajstić information content (AvgIpc) is 2.77. The number of nitrogens with one attached hydrogen (secondary N) is 1. The molecule has 2 N–H and O–H groups in total. The zero-order valence-electron chi connectivity index (χ0n) is 10.1. The summed E-state index contributed by atoms with van der Waals surface area (Å²) in [5.74, 6) is -0.215. The van der Waals surface area contributed by atoms with Gasteiger partial charge in [0.1, 0.15) is 6.54 Å². The molecule has 0 saturated carbocycles. The number of hydrogen-bond acceptors (Lipinski definition) is 5. The predicted octanol–water partition coefficient (Wildman–Crippen LogP) is -0.818. The second kappa shape index (κ2) is 6.31. The van der Waals surface area contributed by atoms with Gasteiger partial charge in [-0.25, -0.2) is 4.68 Å². The van der Waals surface area contributed by atoms with E-state index in [1.54, 1.807) is 20.2 Å². The summed E-state index contributed by atoms with van der Waals surface area (Å²) in [5.41, 5.74) is -0.964. The molecule has 1 aromatic heterocycles. The van der Waals surface area contributed by atoms with E-state index in [2.05, 4.69) is 15.6 Å². The number of aromatic nitrogens is 3. The summed E-state index contributed by atoms with van der Waals surface area (Å²) in [6.45, 7) is 2.39. The minimum atomic E-state index is -0.964. The minimum Gasteiger partial charge on any atom is -0.388 e. The fourth-order valence-corrected chi connectivity index (χ4v) is 1.22. The van der Waals surface area contributed by atoms with Crippen LogP contribution in [0.1, 0.15) is 13.3 Å². The molecular weight excluding hydrogens is 224 g/mol. The summed E-state index contributed by atoms with van der Waals surface area (Å²) >= 11 is 0. The van der Waals surface area contributed by atoms with Gasteiger partial charge in [-0.2, -0.15) is 0 Å². The lowest BCUT2D eigenvalue weighted by Gasteiger charge is -2.23. The standard InChI is InChI=1S/C10H18N4O3/c1-10(16,3-6-17-2)8-11-9(15)7-14-5-4-12-13-14/h4-5,16H,3,6-8H2,1-2H3,(H,11,15). The third kappa shape index (κ3) is 5.41. The maximum absolute atomic E-state index is 11.5. The van der Waals surface area contributed by atoms with Gasteiger partial charge in [0, 0.05) is 32.9 Å². The van der Waals surface area contributed by atoms with Crippen LogP contribution in [0.3, 0.4) is 0 Å². The van der Waals surface area contributed by atoms with E-state index < -0.39 is 5.60 Å². The van der Waals surface area contributed by atoms with E-state index in [1.165, 1.54) is 10.9 Å². The smallest absolute Gasteiger partial charge is 0.241 e. The molecule has 0 radical (unpaired) electrons. The second-order valence-electron chi connectivity index (χ2n) is 4.12. The van der Waals surface area contributed by atoms with Gasteiger partial charge in [-0.3, -0.25) is 4.79 Å². The van der Waals surface area contributed by atoms with E-state index in [0.717, 1.165) is 0 Å². The van der Waals surface area contributed by atoms with Gasteiger partial charge in [0.2, 0.25) is 5.91 Å². The molecule has 0 fully saturated rings. The Balaban J connectivity index is 2.27. The van der Waals surface area contributed by atoms with Gasteiger partial charge < -0.3 is 15.2 Å². The van der Waals surface area contributed by atoms with Crippen LogP contribution >= 0.6 is 0 Å². The number of nitrogens with zero attached hydrogens (tertiary/aromatic N) is 3. The van der Waals surface area contributed by atoms with Crippen molar-refractivity contribution in [3.05, 3.63) is 12.4 Å². The van der Waals surface area contributed by atoms with E-state index in [4.69, 9.17) is 4.74 Å². The van der Waals surface area contributed by atoms with Crippen LogP contribution in [-0.4, -0.2) is 51.9 Å². The highest BCUT2D eigenvalue weighted by Gasteiger charge is 2.20. The van der Waals surface area contributed by atoms with Gasteiger partial charge in [0.25, 0.3) is 0 Å². The summed E-state index contributed by atoms with van der Waals surface area (Å²) < 4.78 is 6.29. The van der Waals surface area contributed by atoms with Gasteiger partial charge in [0.05, 0.1) is 11.8 Å².